The Hall–Kier alpha value is -3.34. The Labute approximate surface area is 145 Å². The topological polar surface area (TPSA) is 72.8 Å². The Morgan fingerprint density at radius 1 is 0.840 bits per heavy atom. The zero-order chi connectivity index (χ0) is 18.2. The minimum absolute atomic E-state index is 0.157. The highest BCUT2D eigenvalue weighted by atomic mass is 16.5. The number of carbonyl (C=O) groups excluding carboxylic acids is 1. The van der Waals surface area contributed by atoms with Crippen LogP contribution in [0.2, 0.25) is 0 Å². The lowest BCUT2D eigenvalue weighted by Crippen LogP contribution is -1.97. The van der Waals surface area contributed by atoms with E-state index >= 15 is 0 Å². The first-order valence-corrected chi connectivity index (χ1v) is 7.49. The van der Waals surface area contributed by atoms with E-state index in [1.54, 1.807) is 48.5 Å². The van der Waals surface area contributed by atoms with Crippen LogP contribution in [-0.2, 0) is 4.79 Å². The number of rotatable bonds is 7. The summed E-state index contributed by atoms with van der Waals surface area (Å²) in [6.07, 6.45) is 5.75. The van der Waals surface area contributed by atoms with Gasteiger partial charge in [-0.05, 0) is 41.5 Å². The van der Waals surface area contributed by atoms with E-state index in [1.165, 1.54) is 26.4 Å². The van der Waals surface area contributed by atoms with Crippen LogP contribution in [0.3, 0.4) is 0 Å². The molecule has 0 spiro atoms. The number of hydrogen-bond acceptors (Lipinski definition) is 4. The summed E-state index contributed by atoms with van der Waals surface area (Å²) in [5.74, 6) is -0.0929. The van der Waals surface area contributed by atoms with Gasteiger partial charge in [-0.1, -0.05) is 30.3 Å². The summed E-state index contributed by atoms with van der Waals surface area (Å²) < 4.78 is 10.3. The average Bonchev–Trinajstić information content (AvgIpc) is 2.64. The highest BCUT2D eigenvalue weighted by Crippen LogP contribution is 2.27. The van der Waals surface area contributed by atoms with Crippen molar-refractivity contribution in [2.45, 2.75) is 0 Å². The molecule has 0 bridgehead atoms. The summed E-state index contributed by atoms with van der Waals surface area (Å²) in [4.78, 5) is 22.8. The van der Waals surface area contributed by atoms with Gasteiger partial charge in [-0.25, -0.2) is 4.79 Å². The summed E-state index contributed by atoms with van der Waals surface area (Å²) in [5.41, 5.74) is 2.10. The highest BCUT2D eigenvalue weighted by Gasteiger charge is 2.08. The van der Waals surface area contributed by atoms with Gasteiger partial charge in [0.15, 0.2) is 17.3 Å². The first-order chi connectivity index (χ1) is 12.0. The molecule has 0 unspecified atom stereocenters. The number of aliphatic carboxylic acids is 1. The Bertz CT molecular complexity index is 816. The van der Waals surface area contributed by atoms with Gasteiger partial charge in [0.1, 0.15) is 0 Å². The van der Waals surface area contributed by atoms with Gasteiger partial charge in [-0.3, -0.25) is 4.79 Å². The van der Waals surface area contributed by atoms with Gasteiger partial charge in [-0.2, -0.15) is 0 Å². The van der Waals surface area contributed by atoms with Crippen molar-refractivity contribution in [1.82, 2.24) is 0 Å². The number of carbonyl (C=O) groups is 2. The molecule has 0 heterocycles. The van der Waals surface area contributed by atoms with E-state index in [0.29, 0.717) is 17.1 Å². The summed E-state index contributed by atoms with van der Waals surface area (Å²) in [6.45, 7) is 0. The molecule has 0 saturated carbocycles. The Kier molecular flexibility index (Phi) is 6.12. The minimum atomic E-state index is -0.996. The van der Waals surface area contributed by atoms with E-state index in [4.69, 9.17) is 14.6 Å². The monoisotopic (exact) mass is 338 g/mol. The van der Waals surface area contributed by atoms with E-state index in [1.807, 2.05) is 0 Å². The number of ether oxygens (including phenoxy) is 2. The third-order valence-electron chi connectivity index (χ3n) is 3.45. The third kappa shape index (κ3) is 5.07. The maximum Gasteiger partial charge on any atom is 0.328 e. The molecule has 0 aromatic heterocycles. The molecule has 5 nitrogen and oxygen atoms in total. The number of benzene rings is 2. The summed E-state index contributed by atoms with van der Waals surface area (Å²) in [5, 5.41) is 8.60. The largest absolute Gasteiger partial charge is 0.493 e. The van der Waals surface area contributed by atoms with Gasteiger partial charge in [0.05, 0.1) is 14.2 Å². The molecule has 2 aromatic carbocycles. The fourth-order valence-electron chi connectivity index (χ4n) is 2.14. The van der Waals surface area contributed by atoms with Gasteiger partial charge < -0.3 is 14.6 Å². The molecule has 0 aliphatic carbocycles. The van der Waals surface area contributed by atoms with Crippen LogP contribution in [0.1, 0.15) is 21.5 Å². The molecule has 0 atom stereocenters. The number of methoxy groups -OCH3 is 2. The van der Waals surface area contributed by atoms with Crippen LogP contribution in [0.4, 0.5) is 0 Å². The lowest BCUT2D eigenvalue weighted by molar-refractivity contribution is -0.131. The van der Waals surface area contributed by atoms with Crippen LogP contribution in [0.15, 0.2) is 54.6 Å². The second kappa shape index (κ2) is 8.49. The van der Waals surface area contributed by atoms with E-state index < -0.39 is 5.97 Å². The fraction of sp³-hybridized carbons (Fsp3) is 0.100. The molecule has 0 amide bonds. The lowest BCUT2D eigenvalue weighted by Gasteiger charge is -2.08. The van der Waals surface area contributed by atoms with Crippen molar-refractivity contribution in [3.63, 3.8) is 0 Å². The number of carboxylic acid groups (broad SMARTS) is 1. The molecular formula is C20H18O5. The van der Waals surface area contributed by atoms with Crippen molar-refractivity contribution in [3.05, 3.63) is 71.3 Å². The summed E-state index contributed by atoms with van der Waals surface area (Å²) in [6, 6.07) is 12.2. The third-order valence-corrected chi connectivity index (χ3v) is 3.45. The first-order valence-electron chi connectivity index (χ1n) is 7.49. The molecule has 128 valence electrons. The molecule has 25 heavy (non-hydrogen) atoms. The molecular weight excluding hydrogens is 320 g/mol. The SMILES string of the molecule is COc1ccc(C(=O)/C=C/c2ccc(/C=C/C(=O)O)cc2)cc1OC. The van der Waals surface area contributed by atoms with Gasteiger partial charge in [0.2, 0.25) is 0 Å². The summed E-state index contributed by atoms with van der Waals surface area (Å²) in [7, 11) is 3.05. The Balaban J connectivity index is 2.11. The van der Waals surface area contributed by atoms with Crippen LogP contribution >= 0.6 is 0 Å². The van der Waals surface area contributed by atoms with Crippen LogP contribution in [0.25, 0.3) is 12.2 Å². The number of allylic oxidation sites excluding steroid dienone is 1. The predicted octanol–water partition coefficient (Wildman–Crippen LogP) is 3.70. The van der Waals surface area contributed by atoms with Crippen molar-refractivity contribution in [3.8, 4) is 11.5 Å². The minimum Gasteiger partial charge on any atom is -0.493 e. The van der Waals surface area contributed by atoms with Gasteiger partial charge in [0.25, 0.3) is 0 Å². The van der Waals surface area contributed by atoms with Crippen molar-refractivity contribution >= 4 is 23.9 Å². The van der Waals surface area contributed by atoms with Crippen LogP contribution in [-0.4, -0.2) is 31.1 Å². The van der Waals surface area contributed by atoms with Crippen molar-refractivity contribution < 1.29 is 24.2 Å². The van der Waals surface area contributed by atoms with Crippen LogP contribution in [0, 0.1) is 0 Å². The first kappa shape index (κ1) is 18.0. The van der Waals surface area contributed by atoms with Gasteiger partial charge in [0, 0.05) is 11.6 Å². The standard InChI is InChI=1S/C20H18O5/c1-24-18-11-9-16(13-19(18)25-2)17(21)10-7-14-3-5-15(6-4-14)8-12-20(22)23/h3-13H,1-2H3,(H,22,23)/b10-7+,12-8+. The zero-order valence-electron chi connectivity index (χ0n) is 13.9. The van der Waals surface area contributed by atoms with E-state index in [9.17, 15) is 9.59 Å². The molecule has 0 aliphatic heterocycles. The van der Waals surface area contributed by atoms with Crippen LogP contribution in [0.5, 0.6) is 11.5 Å². The van der Waals surface area contributed by atoms with Gasteiger partial charge in [-0.15, -0.1) is 0 Å². The average molecular weight is 338 g/mol. The van der Waals surface area contributed by atoms with Crippen molar-refractivity contribution in [2.24, 2.45) is 0 Å². The zero-order valence-corrected chi connectivity index (χ0v) is 13.9. The molecule has 2 aromatic rings. The second-order valence-corrected chi connectivity index (χ2v) is 5.11. The molecule has 0 aliphatic rings. The van der Waals surface area contributed by atoms with Crippen molar-refractivity contribution in [1.29, 1.82) is 0 Å². The smallest absolute Gasteiger partial charge is 0.328 e. The molecule has 0 radical (unpaired) electrons. The molecule has 1 N–H and O–H groups in total. The second-order valence-electron chi connectivity index (χ2n) is 5.11. The van der Waals surface area contributed by atoms with E-state index in [2.05, 4.69) is 0 Å². The normalized spacial score (nSPS) is 11.0. The maximum atomic E-state index is 12.3. The van der Waals surface area contributed by atoms with Crippen molar-refractivity contribution in [2.75, 3.05) is 14.2 Å². The fourth-order valence-corrected chi connectivity index (χ4v) is 2.14. The Morgan fingerprint density at radius 2 is 1.40 bits per heavy atom. The predicted molar refractivity (Wildman–Crippen MR) is 96.0 cm³/mol. The number of ketones is 1. The quantitative estimate of drug-likeness (QED) is 0.615. The van der Waals surface area contributed by atoms with E-state index in [0.717, 1.165) is 17.2 Å². The molecule has 0 fully saturated rings. The highest BCUT2D eigenvalue weighted by molar-refractivity contribution is 6.07. The van der Waals surface area contributed by atoms with Crippen LogP contribution < -0.4 is 9.47 Å². The summed E-state index contributed by atoms with van der Waals surface area (Å²) >= 11 is 0. The van der Waals surface area contributed by atoms with Gasteiger partial charge >= 0.3 is 5.97 Å². The molecule has 0 saturated heterocycles. The maximum absolute atomic E-state index is 12.3. The molecule has 5 heteroatoms. The Morgan fingerprint density at radius 3 is 1.92 bits per heavy atom. The number of hydrogen-bond donors (Lipinski definition) is 1. The lowest BCUT2D eigenvalue weighted by atomic mass is 10.1. The molecule has 2 rings (SSSR count). The number of carboxylic acids is 1. The van der Waals surface area contributed by atoms with E-state index in [-0.39, 0.29) is 5.78 Å².